The van der Waals surface area contributed by atoms with E-state index in [1.54, 1.807) is 0 Å². The van der Waals surface area contributed by atoms with Gasteiger partial charge in [-0.25, -0.2) is 13.2 Å². The standard InChI is InChI=1S/C14H20N2O4S/c1-2-11-5-3-4-8-16(11)21(19,20)13-7-6-10(15)9-12(13)14(17)18/h6-7,9,11H,2-5,8,15H2,1H3,(H,17,18). The minimum absolute atomic E-state index is 0.0667. The van der Waals surface area contributed by atoms with Crippen LogP contribution in [0.15, 0.2) is 23.1 Å². The van der Waals surface area contributed by atoms with Crippen molar-refractivity contribution < 1.29 is 18.3 Å². The maximum atomic E-state index is 12.8. The lowest BCUT2D eigenvalue weighted by molar-refractivity contribution is 0.0692. The van der Waals surface area contributed by atoms with Crippen LogP contribution in [0.1, 0.15) is 43.0 Å². The molecule has 0 bridgehead atoms. The molecule has 0 aliphatic carbocycles. The van der Waals surface area contributed by atoms with Gasteiger partial charge in [-0.3, -0.25) is 0 Å². The molecule has 1 aliphatic heterocycles. The van der Waals surface area contributed by atoms with Gasteiger partial charge in [-0.1, -0.05) is 13.3 Å². The van der Waals surface area contributed by atoms with E-state index in [1.165, 1.54) is 22.5 Å². The zero-order valence-electron chi connectivity index (χ0n) is 11.9. The van der Waals surface area contributed by atoms with E-state index in [0.717, 1.165) is 25.7 Å². The number of hydrogen-bond donors (Lipinski definition) is 2. The number of hydrogen-bond acceptors (Lipinski definition) is 4. The van der Waals surface area contributed by atoms with Crippen molar-refractivity contribution in [1.29, 1.82) is 0 Å². The van der Waals surface area contributed by atoms with Gasteiger partial charge in [-0.15, -0.1) is 0 Å². The first-order valence-electron chi connectivity index (χ1n) is 7.02. The number of carboxylic acid groups (broad SMARTS) is 1. The monoisotopic (exact) mass is 312 g/mol. The predicted molar refractivity (Wildman–Crippen MR) is 79.6 cm³/mol. The summed E-state index contributed by atoms with van der Waals surface area (Å²) in [4.78, 5) is 11.1. The third kappa shape index (κ3) is 3.03. The topological polar surface area (TPSA) is 101 Å². The Bertz CT molecular complexity index is 642. The fourth-order valence-corrected chi connectivity index (χ4v) is 4.70. The van der Waals surface area contributed by atoms with Crippen molar-refractivity contribution in [3.63, 3.8) is 0 Å². The summed E-state index contributed by atoms with van der Waals surface area (Å²) in [5, 5.41) is 9.24. The van der Waals surface area contributed by atoms with Crippen molar-refractivity contribution in [2.45, 2.75) is 43.5 Å². The van der Waals surface area contributed by atoms with Crippen molar-refractivity contribution in [3.05, 3.63) is 23.8 Å². The number of nitrogens with two attached hydrogens (primary N) is 1. The highest BCUT2D eigenvalue weighted by atomic mass is 32.2. The molecule has 2 rings (SSSR count). The molecular formula is C14H20N2O4S. The first-order chi connectivity index (χ1) is 9.87. The van der Waals surface area contributed by atoms with E-state index in [1.807, 2.05) is 6.92 Å². The molecule has 3 N–H and O–H groups in total. The molecule has 21 heavy (non-hydrogen) atoms. The third-order valence-electron chi connectivity index (χ3n) is 3.87. The van der Waals surface area contributed by atoms with Crippen LogP contribution in [0.2, 0.25) is 0 Å². The molecule has 1 saturated heterocycles. The van der Waals surface area contributed by atoms with E-state index in [2.05, 4.69) is 0 Å². The molecule has 0 radical (unpaired) electrons. The summed E-state index contributed by atoms with van der Waals surface area (Å²) in [5.41, 5.74) is 5.53. The van der Waals surface area contributed by atoms with Crippen LogP contribution in [0.25, 0.3) is 0 Å². The van der Waals surface area contributed by atoms with Crippen LogP contribution in [-0.2, 0) is 10.0 Å². The summed E-state index contributed by atoms with van der Waals surface area (Å²) in [5.74, 6) is -1.29. The number of carbonyl (C=O) groups is 1. The second kappa shape index (κ2) is 6.03. The van der Waals surface area contributed by atoms with E-state index in [4.69, 9.17) is 5.73 Å². The average molecular weight is 312 g/mol. The van der Waals surface area contributed by atoms with Crippen LogP contribution >= 0.6 is 0 Å². The highest BCUT2D eigenvalue weighted by molar-refractivity contribution is 7.89. The van der Waals surface area contributed by atoms with Crippen molar-refractivity contribution in [2.75, 3.05) is 12.3 Å². The molecule has 1 fully saturated rings. The Morgan fingerprint density at radius 3 is 2.76 bits per heavy atom. The van der Waals surface area contributed by atoms with Crippen molar-refractivity contribution in [3.8, 4) is 0 Å². The van der Waals surface area contributed by atoms with E-state index in [9.17, 15) is 18.3 Å². The van der Waals surface area contributed by atoms with E-state index in [0.29, 0.717) is 6.54 Å². The van der Waals surface area contributed by atoms with Crippen LogP contribution in [0, 0.1) is 0 Å². The highest BCUT2D eigenvalue weighted by Crippen LogP contribution is 2.29. The van der Waals surface area contributed by atoms with Gasteiger partial charge in [-0.05, 0) is 37.5 Å². The Hall–Kier alpha value is -1.60. The molecule has 0 aromatic heterocycles. The number of piperidine rings is 1. The van der Waals surface area contributed by atoms with Crippen LogP contribution in [0.3, 0.4) is 0 Å². The van der Waals surface area contributed by atoms with Gasteiger partial charge in [0.2, 0.25) is 10.0 Å². The number of aromatic carboxylic acids is 1. The average Bonchev–Trinajstić information content (AvgIpc) is 2.46. The molecule has 0 amide bonds. The molecular weight excluding hydrogens is 292 g/mol. The van der Waals surface area contributed by atoms with Gasteiger partial charge in [0.25, 0.3) is 0 Å². The molecule has 0 spiro atoms. The molecule has 1 atom stereocenters. The Balaban J connectivity index is 2.51. The summed E-state index contributed by atoms with van der Waals surface area (Å²) >= 11 is 0. The summed E-state index contributed by atoms with van der Waals surface area (Å²) in [6.07, 6.45) is 3.33. The largest absolute Gasteiger partial charge is 0.478 e. The number of rotatable bonds is 4. The Kier molecular flexibility index (Phi) is 4.53. The lowest BCUT2D eigenvalue weighted by atomic mass is 10.0. The van der Waals surface area contributed by atoms with Gasteiger partial charge in [0.15, 0.2) is 0 Å². The second-order valence-electron chi connectivity index (χ2n) is 5.23. The number of sulfonamides is 1. The molecule has 116 valence electrons. The third-order valence-corrected chi connectivity index (χ3v) is 5.88. The van der Waals surface area contributed by atoms with Crippen LogP contribution in [0.5, 0.6) is 0 Å². The molecule has 7 heteroatoms. The van der Waals surface area contributed by atoms with Crippen LogP contribution < -0.4 is 5.73 Å². The predicted octanol–water partition coefficient (Wildman–Crippen LogP) is 1.92. The zero-order chi connectivity index (χ0) is 15.6. The van der Waals surface area contributed by atoms with Gasteiger partial charge in [0.1, 0.15) is 0 Å². The van der Waals surface area contributed by atoms with Crippen molar-refractivity contribution in [1.82, 2.24) is 4.31 Å². The maximum absolute atomic E-state index is 12.8. The highest BCUT2D eigenvalue weighted by Gasteiger charge is 2.34. The van der Waals surface area contributed by atoms with Crippen LogP contribution in [0.4, 0.5) is 5.69 Å². The summed E-state index contributed by atoms with van der Waals surface area (Å²) in [6.45, 7) is 2.38. The van der Waals surface area contributed by atoms with Gasteiger partial charge in [0, 0.05) is 18.3 Å². The Morgan fingerprint density at radius 2 is 2.14 bits per heavy atom. The zero-order valence-corrected chi connectivity index (χ0v) is 12.8. The van der Waals surface area contributed by atoms with Gasteiger partial charge < -0.3 is 10.8 Å². The normalized spacial score (nSPS) is 20.3. The van der Waals surface area contributed by atoms with Gasteiger partial charge >= 0.3 is 5.97 Å². The van der Waals surface area contributed by atoms with Crippen molar-refractivity contribution in [2.24, 2.45) is 0 Å². The molecule has 1 aromatic carbocycles. The van der Waals surface area contributed by atoms with E-state index < -0.39 is 16.0 Å². The minimum Gasteiger partial charge on any atom is -0.478 e. The molecule has 6 nitrogen and oxygen atoms in total. The first-order valence-corrected chi connectivity index (χ1v) is 8.46. The van der Waals surface area contributed by atoms with Crippen molar-refractivity contribution >= 4 is 21.7 Å². The number of nitrogen functional groups attached to an aromatic ring is 1. The SMILES string of the molecule is CCC1CCCCN1S(=O)(=O)c1ccc(N)cc1C(=O)O. The lowest BCUT2D eigenvalue weighted by Gasteiger charge is -2.34. The molecule has 1 heterocycles. The minimum atomic E-state index is -3.82. The van der Waals surface area contributed by atoms with Gasteiger partial charge in [-0.2, -0.15) is 4.31 Å². The smallest absolute Gasteiger partial charge is 0.337 e. The first kappa shape index (κ1) is 15.8. The number of nitrogens with zero attached hydrogens (tertiary/aromatic N) is 1. The molecule has 1 aliphatic rings. The number of carboxylic acids is 1. The number of benzene rings is 1. The fraction of sp³-hybridized carbons (Fsp3) is 0.500. The molecule has 1 aromatic rings. The second-order valence-corrected chi connectivity index (χ2v) is 7.09. The quantitative estimate of drug-likeness (QED) is 0.827. The lowest BCUT2D eigenvalue weighted by Crippen LogP contribution is -2.43. The molecule has 0 saturated carbocycles. The summed E-state index contributed by atoms with van der Waals surface area (Å²) < 4.78 is 27.1. The Labute approximate surface area is 124 Å². The summed E-state index contributed by atoms with van der Waals surface area (Å²) in [7, 11) is -3.82. The summed E-state index contributed by atoms with van der Waals surface area (Å²) in [6, 6.07) is 3.84. The fourth-order valence-electron chi connectivity index (χ4n) is 2.76. The van der Waals surface area contributed by atoms with E-state index in [-0.39, 0.29) is 22.2 Å². The molecule has 1 unspecified atom stereocenters. The maximum Gasteiger partial charge on any atom is 0.337 e. The van der Waals surface area contributed by atoms with Gasteiger partial charge in [0.05, 0.1) is 10.5 Å². The van der Waals surface area contributed by atoms with Crippen LogP contribution in [-0.4, -0.2) is 36.4 Å². The Morgan fingerprint density at radius 1 is 1.43 bits per heavy atom. The van der Waals surface area contributed by atoms with E-state index >= 15 is 0 Å². The number of anilines is 1.